The highest BCUT2D eigenvalue weighted by Crippen LogP contribution is 2.17. The predicted octanol–water partition coefficient (Wildman–Crippen LogP) is 3.40. The van der Waals surface area contributed by atoms with Crippen molar-refractivity contribution in [1.29, 1.82) is 0 Å². The van der Waals surface area contributed by atoms with E-state index in [-0.39, 0.29) is 0 Å². The highest BCUT2D eigenvalue weighted by atomic mass is 16.5. The standard InChI is InChI=1S/C19H18O6/c1-3-12-23-18(21)14-4-10-17(11-5-14)25-19(22)15-6-8-16(9-7-15)24-13(2)20/h4-11H,3,12H2,1-2H3. The van der Waals surface area contributed by atoms with E-state index in [2.05, 4.69) is 0 Å². The van der Waals surface area contributed by atoms with Crippen molar-refractivity contribution in [3.8, 4) is 11.5 Å². The average Bonchev–Trinajstić information content (AvgIpc) is 2.60. The topological polar surface area (TPSA) is 78.9 Å². The first-order valence-corrected chi connectivity index (χ1v) is 7.77. The van der Waals surface area contributed by atoms with Crippen LogP contribution in [-0.2, 0) is 9.53 Å². The lowest BCUT2D eigenvalue weighted by atomic mass is 10.2. The van der Waals surface area contributed by atoms with E-state index in [1.54, 1.807) is 0 Å². The number of carbonyl (C=O) groups excluding carboxylic acids is 3. The summed E-state index contributed by atoms with van der Waals surface area (Å²) >= 11 is 0. The Bertz CT molecular complexity index is 746. The van der Waals surface area contributed by atoms with E-state index >= 15 is 0 Å². The Balaban J connectivity index is 1.98. The van der Waals surface area contributed by atoms with Crippen LogP contribution >= 0.6 is 0 Å². The molecule has 0 unspecified atom stereocenters. The Hall–Kier alpha value is -3.15. The zero-order valence-corrected chi connectivity index (χ0v) is 14.0. The quantitative estimate of drug-likeness (QED) is 0.591. The minimum Gasteiger partial charge on any atom is -0.462 e. The average molecular weight is 342 g/mol. The van der Waals surface area contributed by atoms with Crippen LogP contribution in [0.1, 0.15) is 41.0 Å². The molecule has 0 aliphatic rings. The van der Waals surface area contributed by atoms with E-state index in [0.717, 1.165) is 6.42 Å². The van der Waals surface area contributed by atoms with Gasteiger partial charge >= 0.3 is 17.9 Å². The third-order valence-corrected chi connectivity index (χ3v) is 3.09. The van der Waals surface area contributed by atoms with Crippen LogP contribution in [0.2, 0.25) is 0 Å². The molecule has 0 aliphatic carbocycles. The summed E-state index contributed by atoms with van der Waals surface area (Å²) in [5.74, 6) is -0.760. The van der Waals surface area contributed by atoms with Crippen molar-refractivity contribution in [1.82, 2.24) is 0 Å². The molecule has 0 amide bonds. The zero-order valence-electron chi connectivity index (χ0n) is 14.0. The van der Waals surface area contributed by atoms with Crippen molar-refractivity contribution in [2.75, 3.05) is 6.61 Å². The van der Waals surface area contributed by atoms with Gasteiger partial charge in [-0.25, -0.2) is 9.59 Å². The molecule has 6 nitrogen and oxygen atoms in total. The minimum atomic E-state index is -0.560. The number of carbonyl (C=O) groups is 3. The van der Waals surface area contributed by atoms with Crippen LogP contribution in [-0.4, -0.2) is 24.5 Å². The number of esters is 3. The lowest BCUT2D eigenvalue weighted by Crippen LogP contribution is -2.09. The van der Waals surface area contributed by atoms with Crippen LogP contribution in [0.25, 0.3) is 0 Å². The molecule has 0 atom stereocenters. The van der Waals surface area contributed by atoms with Crippen LogP contribution < -0.4 is 9.47 Å². The first-order valence-electron chi connectivity index (χ1n) is 7.77. The molecular weight excluding hydrogens is 324 g/mol. The number of hydrogen-bond acceptors (Lipinski definition) is 6. The Morgan fingerprint density at radius 1 is 0.760 bits per heavy atom. The van der Waals surface area contributed by atoms with Gasteiger partial charge in [0, 0.05) is 6.92 Å². The molecule has 0 saturated carbocycles. The first-order chi connectivity index (χ1) is 12.0. The molecule has 0 aromatic heterocycles. The third kappa shape index (κ3) is 5.46. The molecule has 0 saturated heterocycles. The molecular formula is C19H18O6. The minimum absolute atomic E-state index is 0.307. The van der Waals surface area contributed by atoms with E-state index in [1.807, 2.05) is 6.92 Å². The van der Waals surface area contributed by atoms with E-state index in [0.29, 0.717) is 29.2 Å². The fourth-order valence-electron chi connectivity index (χ4n) is 1.93. The molecule has 0 radical (unpaired) electrons. The van der Waals surface area contributed by atoms with Gasteiger partial charge in [-0.1, -0.05) is 6.92 Å². The van der Waals surface area contributed by atoms with Crippen molar-refractivity contribution in [2.45, 2.75) is 20.3 Å². The van der Waals surface area contributed by atoms with Gasteiger partial charge in [-0.3, -0.25) is 4.79 Å². The van der Waals surface area contributed by atoms with Crippen LogP contribution in [0.3, 0.4) is 0 Å². The summed E-state index contributed by atoms with van der Waals surface area (Å²) in [7, 11) is 0. The summed E-state index contributed by atoms with van der Waals surface area (Å²) < 4.78 is 15.2. The maximum absolute atomic E-state index is 12.1. The molecule has 0 bridgehead atoms. The second-order valence-electron chi connectivity index (χ2n) is 5.17. The second-order valence-corrected chi connectivity index (χ2v) is 5.17. The summed E-state index contributed by atoms with van der Waals surface area (Å²) in [5, 5.41) is 0. The van der Waals surface area contributed by atoms with Gasteiger partial charge in [-0.05, 0) is 55.0 Å². The Labute approximate surface area is 145 Å². The highest BCUT2D eigenvalue weighted by Gasteiger charge is 2.11. The molecule has 2 aromatic carbocycles. The smallest absolute Gasteiger partial charge is 0.343 e. The summed E-state index contributed by atoms with van der Waals surface area (Å²) in [6.45, 7) is 3.57. The molecule has 0 N–H and O–H groups in total. The number of hydrogen-bond donors (Lipinski definition) is 0. The largest absolute Gasteiger partial charge is 0.462 e. The van der Waals surface area contributed by atoms with Gasteiger partial charge in [-0.2, -0.15) is 0 Å². The van der Waals surface area contributed by atoms with Crippen LogP contribution in [0.4, 0.5) is 0 Å². The Morgan fingerprint density at radius 3 is 1.72 bits per heavy atom. The monoisotopic (exact) mass is 342 g/mol. The van der Waals surface area contributed by atoms with Crippen molar-refractivity contribution >= 4 is 17.9 Å². The second kappa shape index (κ2) is 8.63. The molecule has 0 aliphatic heterocycles. The fraction of sp³-hybridized carbons (Fsp3) is 0.211. The van der Waals surface area contributed by atoms with Crippen LogP contribution in [0, 0.1) is 0 Å². The molecule has 0 heterocycles. The first kappa shape index (κ1) is 18.2. The maximum Gasteiger partial charge on any atom is 0.343 e. The third-order valence-electron chi connectivity index (χ3n) is 3.09. The highest BCUT2D eigenvalue weighted by molar-refractivity contribution is 5.92. The lowest BCUT2D eigenvalue weighted by molar-refractivity contribution is -0.131. The fourth-order valence-corrected chi connectivity index (χ4v) is 1.93. The number of benzene rings is 2. The SMILES string of the molecule is CCCOC(=O)c1ccc(OC(=O)c2ccc(OC(C)=O)cc2)cc1. The Kier molecular flexibility index (Phi) is 6.28. The maximum atomic E-state index is 12.1. The predicted molar refractivity (Wildman–Crippen MR) is 89.7 cm³/mol. The van der Waals surface area contributed by atoms with Gasteiger partial charge in [0.15, 0.2) is 0 Å². The van der Waals surface area contributed by atoms with E-state index < -0.39 is 17.9 Å². The van der Waals surface area contributed by atoms with Gasteiger partial charge in [0.2, 0.25) is 0 Å². The van der Waals surface area contributed by atoms with Gasteiger partial charge in [0.1, 0.15) is 11.5 Å². The number of ether oxygens (including phenoxy) is 3. The molecule has 6 heteroatoms. The molecule has 2 aromatic rings. The zero-order chi connectivity index (χ0) is 18.2. The summed E-state index contributed by atoms with van der Waals surface area (Å²) in [5.41, 5.74) is 0.696. The molecule has 0 fully saturated rings. The molecule has 0 spiro atoms. The van der Waals surface area contributed by atoms with Crippen molar-refractivity contribution in [3.63, 3.8) is 0 Å². The van der Waals surface area contributed by atoms with Gasteiger partial charge in [0.25, 0.3) is 0 Å². The van der Waals surface area contributed by atoms with Crippen molar-refractivity contribution < 1.29 is 28.6 Å². The van der Waals surface area contributed by atoms with Crippen molar-refractivity contribution in [2.24, 2.45) is 0 Å². The van der Waals surface area contributed by atoms with Crippen LogP contribution in [0.15, 0.2) is 48.5 Å². The summed E-state index contributed by atoms with van der Waals surface area (Å²) in [6, 6.07) is 12.1. The van der Waals surface area contributed by atoms with Crippen LogP contribution in [0.5, 0.6) is 11.5 Å². The molecule has 130 valence electrons. The lowest BCUT2D eigenvalue weighted by Gasteiger charge is -2.07. The summed E-state index contributed by atoms with van der Waals surface area (Å²) in [4.78, 5) is 34.6. The van der Waals surface area contributed by atoms with E-state index in [4.69, 9.17) is 14.2 Å². The molecule has 25 heavy (non-hydrogen) atoms. The number of rotatable bonds is 6. The van der Waals surface area contributed by atoms with E-state index in [1.165, 1.54) is 55.5 Å². The van der Waals surface area contributed by atoms with Gasteiger partial charge in [-0.15, -0.1) is 0 Å². The Morgan fingerprint density at radius 2 is 1.24 bits per heavy atom. The van der Waals surface area contributed by atoms with E-state index in [9.17, 15) is 14.4 Å². The van der Waals surface area contributed by atoms with Gasteiger partial charge < -0.3 is 14.2 Å². The molecule has 2 rings (SSSR count). The van der Waals surface area contributed by atoms with Crippen molar-refractivity contribution in [3.05, 3.63) is 59.7 Å². The summed E-state index contributed by atoms with van der Waals surface area (Å²) in [6.07, 6.45) is 0.748. The normalized spacial score (nSPS) is 10.0. The van der Waals surface area contributed by atoms with Gasteiger partial charge in [0.05, 0.1) is 17.7 Å².